The summed E-state index contributed by atoms with van der Waals surface area (Å²) in [5.41, 5.74) is 0. The van der Waals surface area contributed by atoms with Crippen molar-refractivity contribution in [1.29, 1.82) is 0 Å². The van der Waals surface area contributed by atoms with Crippen LogP contribution in [0.5, 0.6) is 0 Å². The maximum Gasteiger partial charge on any atom is 0.240 e. The van der Waals surface area contributed by atoms with Crippen LogP contribution in [0.1, 0.15) is 19.3 Å². The third kappa shape index (κ3) is 6.65. The van der Waals surface area contributed by atoms with Crippen LogP contribution in [0, 0.1) is 0 Å². The molecule has 1 fully saturated rings. The van der Waals surface area contributed by atoms with Crippen molar-refractivity contribution in [3.8, 4) is 0 Å². The second-order valence-electron chi connectivity index (χ2n) is 5.72. The third-order valence-electron chi connectivity index (χ3n) is 3.53. The summed E-state index contributed by atoms with van der Waals surface area (Å²) in [5, 5.41) is 0. The number of hydrogen-bond donors (Lipinski definition) is 2. The van der Waals surface area contributed by atoms with Gasteiger partial charge in [0.15, 0.2) is 0 Å². The first-order valence-corrected chi connectivity index (χ1v) is 11.0. The average Bonchev–Trinajstić information content (AvgIpc) is 3.37. The summed E-state index contributed by atoms with van der Waals surface area (Å²) in [6, 6.07) is 5.18. The van der Waals surface area contributed by atoms with Crippen LogP contribution in [0.3, 0.4) is 0 Å². The van der Waals surface area contributed by atoms with Crippen LogP contribution in [0.25, 0.3) is 0 Å². The van der Waals surface area contributed by atoms with Gasteiger partial charge in [-0.15, -0.1) is 0 Å². The smallest absolute Gasteiger partial charge is 0.240 e. The normalized spacial score (nSPS) is 15.4. The van der Waals surface area contributed by atoms with Gasteiger partial charge in [-0.25, -0.2) is 26.3 Å². The van der Waals surface area contributed by atoms with Gasteiger partial charge in [0, 0.05) is 26.3 Å². The minimum atomic E-state index is -3.68. The van der Waals surface area contributed by atoms with Crippen LogP contribution < -0.4 is 9.44 Å². The third-order valence-corrected chi connectivity index (χ3v) is 6.55. The van der Waals surface area contributed by atoms with Crippen molar-refractivity contribution in [1.82, 2.24) is 9.44 Å². The van der Waals surface area contributed by atoms with E-state index in [1.807, 2.05) is 0 Å². The second-order valence-corrected chi connectivity index (χ2v) is 9.20. The highest BCUT2D eigenvalue weighted by atomic mass is 32.2. The highest BCUT2D eigenvalue weighted by molar-refractivity contribution is 7.90. The van der Waals surface area contributed by atoms with E-state index in [1.54, 1.807) is 7.11 Å². The predicted molar refractivity (Wildman–Crippen MR) is 92.3 cm³/mol. The molecule has 0 radical (unpaired) electrons. The maximum atomic E-state index is 12.2. The van der Waals surface area contributed by atoms with Crippen molar-refractivity contribution in [2.45, 2.75) is 35.1 Å². The molecule has 0 unspecified atom stereocenters. The van der Waals surface area contributed by atoms with E-state index in [0.29, 0.717) is 26.2 Å². The Bertz CT molecular complexity index is 743. The van der Waals surface area contributed by atoms with Crippen LogP contribution in [0.4, 0.5) is 0 Å². The van der Waals surface area contributed by atoms with Crippen LogP contribution >= 0.6 is 0 Å². The molecule has 0 atom stereocenters. The monoisotopic (exact) mass is 392 g/mol. The molecule has 0 spiro atoms. The van der Waals surface area contributed by atoms with Gasteiger partial charge in [0.05, 0.1) is 23.0 Å². The lowest BCUT2D eigenvalue weighted by atomic mass is 10.4. The molecule has 0 aromatic heterocycles. The van der Waals surface area contributed by atoms with Crippen molar-refractivity contribution in [3.63, 3.8) is 0 Å². The molecule has 0 aliphatic heterocycles. The number of benzene rings is 1. The number of ether oxygens (including phenoxy) is 2. The van der Waals surface area contributed by atoms with Crippen LogP contribution in [-0.4, -0.2) is 56.4 Å². The summed E-state index contributed by atoms with van der Waals surface area (Å²) < 4.78 is 63.6. The molecular weight excluding hydrogens is 368 g/mol. The number of nitrogens with one attached hydrogen (secondary N) is 2. The minimum absolute atomic E-state index is 0.00110. The van der Waals surface area contributed by atoms with Crippen molar-refractivity contribution >= 4 is 20.0 Å². The van der Waals surface area contributed by atoms with E-state index >= 15 is 0 Å². The zero-order valence-electron chi connectivity index (χ0n) is 14.1. The van der Waals surface area contributed by atoms with Crippen LogP contribution in [-0.2, 0) is 29.5 Å². The van der Waals surface area contributed by atoms with Crippen LogP contribution in [0.2, 0.25) is 0 Å². The van der Waals surface area contributed by atoms with E-state index in [9.17, 15) is 16.8 Å². The van der Waals surface area contributed by atoms with E-state index < -0.39 is 20.0 Å². The molecule has 1 aromatic carbocycles. The Morgan fingerprint density at radius 2 is 1.56 bits per heavy atom. The van der Waals surface area contributed by atoms with Gasteiger partial charge in [0.2, 0.25) is 20.0 Å². The summed E-state index contributed by atoms with van der Waals surface area (Å²) >= 11 is 0. The quantitative estimate of drug-likeness (QED) is 0.500. The molecule has 2 rings (SSSR count). The van der Waals surface area contributed by atoms with Crippen molar-refractivity contribution in [3.05, 3.63) is 24.3 Å². The van der Waals surface area contributed by atoms with E-state index in [2.05, 4.69) is 9.44 Å². The van der Waals surface area contributed by atoms with Gasteiger partial charge >= 0.3 is 0 Å². The minimum Gasteiger partial charge on any atom is -0.382 e. The molecule has 1 aliphatic rings. The zero-order chi connectivity index (χ0) is 18.3. The number of hydrogen-bond acceptors (Lipinski definition) is 6. The van der Waals surface area contributed by atoms with Gasteiger partial charge in [-0.05, 0) is 43.5 Å². The molecule has 10 heteroatoms. The summed E-state index contributed by atoms with van der Waals surface area (Å²) in [5.74, 6) is 0. The fraction of sp³-hybridized carbons (Fsp3) is 0.600. The van der Waals surface area contributed by atoms with E-state index in [1.165, 1.54) is 24.3 Å². The number of rotatable bonds is 12. The average molecular weight is 392 g/mol. The Morgan fingerprint density at radius 3 is 2.12 bits per heavy atom. The lowest BCUT2D eigenvalue weighted by molar-refractivity contribution is 0.0699. The molecule has 8 nitrogen and oxygen atoms in total. The lowest BCUT2D eigenvalue weighted by Crippen LogP contribution is -2.27. The SMILES string of the molecule is COCCOCCCNS(=O)(=O)c1ccc(S(=O)(=O)NC2CC2)cc1. The Labute approximate surface area is 149 Å². The fourth-order valence-corrected chi connectivity index (χ4v) is 4.37. The topological polar surface area (TPSA) is 111 Å². The largest absolute Gasteiger partial charge is 0.382 e. The van der Waals surface area contributed by atoms with Crippen molar-refractivity contribution < 1.29 is 26.3 Å². The molecule has 0 amide bonds. The summed E-state index contributed by atoms with van der Waals surface area (Å²) in [7, 11) is -5.68. The summed E-state index contributed by atoms with van der Waals surface area (Å²) in [6.45, 7) is 1.62. The second kappa shape index (κ2) is 9.06. The van der Waals surface area contributed by atoms with Gasteiger partial charge in [0.25, 0.3) is 0 Å². The summed E-state index contributed by atoms with van der Waals surface area (Å²) in [4.78, 5) is 0.0862. The Hall–Kier alpha value is -1.04. The molecule has 0 heterocycles. The molecular formula is C15H24N2O6S2. The number of sulfonamides is 2. The molecule has 1 aromatic rings. The van der Waals surface area contributed by atoms with Gasteiger partial charge in [-0.1, -0.05) is 0 Å². The molecule has 0 bridgehead atoms. The van der Waals surface area contributed by atoms with Gasteiger partial charge in [-0.2, -0.15) is 0 Å². The van der Waals surface area contributed by atoms with Gasteiger partial charge < -0.3 is 9.47 Å². The van der Waals surface area contributed by atoms with Crippen LogP contribution in [0.15, 0.2) is 34.1 Å². The standard InChI is InChI=1S/C15H24N2O6S2/c1-22-11-12-23-10-2-9-16-24(18,19)14-5-7-15(8-6-14)25(20,21)17-13-3-4-13/h5-8,13,16-17H,2-4,9-12H2,1H3. The molecule has 142 valence electrons. The van der Waals surface area contributed by atoms with Gasteiger partial charge in [-0.3, -0.25) is 0 Å². The summed E-state index contributed by atoms with van der Waals surface area (Å²) in [6.07, 6.45) is 2.20. The first-order chi connectivity index (χ1) is 11.8. The fourth-order valence-electron chi connectivity index (χ4n) is 2.00. The zero-order valence-corrected chi connectivity index (χ0v) is 15.7. The van der Waals surface area contributed by atoms with Crippen molar-refractivity contribution in [2.75, 3.05) is 33.5 Å². The first-order valence-electron chi connectivity index (χ1n) is 8.04. The number of methoxy groups -OCH3 is 1. The first kappa shape index (κ1) is 20.3. The van der Waals surface area contributed by atoms with E-state index in [0.717, 1.165) is 12.8 Å². The molecule has 25 heavy (non-hydrogen) atoms. The highest BCUT2D eigenvalue weighted by Gasteiger charge is 2.28. The molecule has 1 saturated carbocycles. The highest BCUT2D eigenvalue weighted by Crippen LogP contribution is 2.22. The maximum absolute atomic E-state index is 12.2. The predicted octanol–water partition coefficient (Wildman–Crippen LogP) is 0.459. The lowest BCUT2D eigenvalue weighted by Gasteiger charge is -2.09. The van der Waals surface area contributed by atoms with E-state index in [4.69, 9.17) is 9.47 Å². The van der Waals surface area contributed by atoms with Crippen molar-refractivity contribution in [2.24, 2.45) is 0 Å². The van der Waals surface area contributed by atoms with Gasteiger partial charge in [0.1, 0.15) is 0 Å². The Balaban J connectivity index is 1.85. The Kier molecular flexibility index (Phi) is 7.35. The Morgan fingerprint density at radius 1 is 0.960 bits per heavy atom. The molecule has 0 saturated heterocycles. The molecule has 1 aliphatic carbocycles. The van der Waals surface area contributed by atoms with E-state index in [-0.39, 0.29) is 22.4 Å². The molecule has 2 N–H and O–H groups in total.